The number of rotatable bonds is 10. The van der Waals surface area contributed by atoms with Crippen molar-refractivity contribution in [3.63, 3.8) is 0 Å². The van der Waals surface area contributed by atoms with Crippen LogP contribution in [0.15, 0.2) is 71.6 Å². The summed E-state index contributed by atoms with van der Waals surface area (Å²) in [5, 5.41) is 2.06. The Morgan fingerprint density at radius 3 is 2.23 bits per heavy atom. The number of benzene rings is 3. The molecule has 1 atom stereocenters. The summed E-state index contributed by atoms with van der Waals surface area (Å²) < 4.78 is 118. The van der Waals surface area contributed by atoms with Gasteiger partial charge in [-0.15, -0.1) is 0 Å². The number of aromatic nitrogens is 1. The normalized spacial score (nSPS) is 17.3. The van der Waals surface area contributed by atoms with Crippen LogP contribution in [-0.2, 0) is 22.6 Å². The maximum absolute atomic E-state index is 14.7. The van der Waals surface area contributed by atoms with Crippen LogP contribution in [0.3, 0.4) is 0 Å². The van der Waals surface area contributed by atoms with Gasteiger partial charge in [0.05, 0.1) is 35.2 Å². The van der Waals surface area contributed by atoms with E-state index in [1.165, 1.54) is 68.6 Å². The molecule has 3 heterocycles. The van der Waals surface area contributed by atoms with Crippen molar-refractivity contribution in [1.82, 2.24) is 20.1 Å². The minimum absolute atomic E-state index is 0.0163. The molecule has 0 saturated carbocycles. The number of pyridine rings is 1. The Morgan fingerprint density at radius 2 is 1.62 bits per heavy atom. The third-order valence-electron chi connectivity index (χ3n) is 10.1. The number of hydrogen-bond acceptors (Lipinski definition) is 7. The average molecular weight is 763 g/mol. The first kappa shape index (κ1) is 38.5. The molecule has 2 aliphatic rings. The zero-order valence-corrected chi connectivity index (χ0v) is 30.0. The van der Waals surface area contributed by atoms with Crippen LogP contribution < -0.4 is 10.1 Å². The molecule has 4 aromatic rings. The molecule has 0 spiro atoms. The fourth-order valence-corrected chi connectivity index (χ4v) is 8.40. The lowest BCUT2D eigenvalue weighted by atomic mass is 9.93. The summed E-state index contributed by atoms with van der Waals surface area (Å²) in [6, 6.07) is 11.4. The Hall–Kier alpha value is -4.21. The first-order chi connectivity index (χ1) is 25.1. The van der Waals surface area contributed by atoms with Gasteiger partial charge in [-0.25, -0.2) is 13.4 Å². The van der Waals surface area contributed by atoms with Crippen molar-refractivity contribution in [2.24, 2.45) is 0 Å². The summed E-state index contributed by atoms with van der Waals surface area (Å²) in [5.74, 6) is -1.68. The summed E-state index contributed by atoms with van der Waals surface area (Å²) >= 11 is 0. The van der Waals surface area contributed by atoms with Gasteiger partial charge in [-0.3, -0.25) is 9.69 Å². The van der Waals surface area contributed by atoms with Gasteiger partial charge in [0.15, 0.2) is 15.9 Å². The number of halogens is 6. The maximum atomic E-state index is 14.7. The Morgan fingerprint density at radius 1 is 0.943 bits per heavy atom. The van der Waals surface area contributed by atoms with E-state index in [1.54, 1.807) is 0 Å². The van der Waals surface area contributed by atoms with E-state index in [-0.39, 0.29) is 61.8 Å². The number of carbonyl (C=O) groups excluding carboxylic acids is 1. The fraction of sp³-hybridized carbons (Fsp3) is 0.421. The zero-order valence-electron chi connectivity index (χ0n) is 29.2. The topological polar surface area (TPSA) is 91.8 Å². The number of fused-ring (bicyclic) bond motifs is 1. The molecule has 0 unspecified atom stereocenters. The lowest BCUT2D eigenvalue weighted by Crippen LogP contribution is -2.44. The SMILES string of the molecule is CCS(=O)(=O)c1cc2c(C(=O)N[C@H](c3ccccc3)C(F)(F)F)c(CN3CCC(N4CCCC4)CC3)c(-c3cccc(C(F)(F)F)c3)nc2cc1OC. The summed E-state index contributed by atoms with van der Waals surface area (Å²) in [5.41, 5.74) is -1.58. The van der Waals surface area contributed by atoms with Gasteiger partial charge in [0.2, 0.25) is 0 Å². The van der Waals surface area contributed by atoms with E-state index in [2.05, 4.69) is 10.2 Å². The van der Waals surface area contributed by atoms with Crippen LogP contribution in [0.2, 0.25) is 0 Å². The van der Waals surface area contributed by atoms with Crippen molar-refractivity contribution in [1.29, 1.82) is 0 Å². The van der Waals surface area contributed by atoms with Gasteiger partial charge in [0.25, 0.3) is 5.91 Å². The van der Waals surface area contributed by atoms with Crippen LogP contribution in [0.5, 0.6) is 5.75 Å². The first-order valence-corrected chi connectivity index (χ1v) is 19.1. The van der Waals surface area contributed by atoms with Crippen LogP contribution >= 0.6 is 0 Å². The second kappa shape index (κ2) is 15.3. The number of likely N-dealkylation sites (tertiary alicyclic amines) is 2. The third-order valence-corrected chi connectivity index (χ3v) is 11.9. The summed E-state index contributed by atoms with van der Waals surface area (Å²) in [4.78, 5) is 23.4. The molecule has 1 N–H and O–H groups in total. The van der Waals surface area contributed by atoms with Crippen molar-refractivity contribution < 1.29 is 44.3 Å². The highest BCUT2D eigenvalue weighted by molar-refractivity contribution is 7.91. The van der Waals surface area contributed by atoms with Gasteiger partial charge in [0.1, 0.15) is 10.6 Å². The molecule has 0 aliphatic carbocycles. The van der Waals surface area contributed by atoms with E-state index in [1.807, 2.05) is 4.90 Å². The highest BCUT2D eigenvalue weighted by Gasteiger charge is 2.43. The van der Waals surface area contributed by atoms with Crippen LogP contribution in [-0.4, -0.2) is 80.4 Å². The monoisotopic (exact) mass is 762 g/mol. The third kappa shape index (κ3) is 8.31. The number of nitrogens with one attached hydrogen (secondary N) is 1. The largest absolute Gasteiger partial charge is 0.495 e. The van der Waals surface area contributed by atoms with Crippen molar-refractivity contribution in [2.75, 3.05) is 39.0 Å². The summed E-state index contributed by atoms with van der Waals surface area (Å²) in [7, 11) is -2.78. The van der Waals surface area contributed by atoms with E-state index in [0.717, 1.165) is 50.9 Å². The van der Waals surface area contributed by atoms with E-state index >= 15 is 0 Å². The molecule has 15 heteroatoms. The number of ether oxygens (including phenoxy) is 1. The van der Waals surface area contributed by atoms with Crippen molar-refractivity contribution >= 4 is 26.6 Å². The number of sulfone groups is 1. The smallest absolute Gasteiger partial charge is 0.416 e. The van der Waals surface area contributed by atoms with Gasteiger partial charge < -0.3 is 15.0 Å². The predicted molar refractivity (Wildman–Crippen MR) is 188 cm³/mol. The van der Waals surface area contributed by atoms with Crippen LogP contribution in [0.25, 0.3) is 22.2 Å². The molecule has 2 aliphatic heterocycles. The minimum atomic E-state index is -4.94. The first-order valence-electron chi connectivity index (χ1n) is 17.4. The molecule has 3 aromatic carbocycles. The maximum Gasteiger partial charge on any atom is 0.416 e. The number of alkyl halides is 6. The van der Waals surface area contributed by atoms with Crippen molar-refractivity contribution in [2.45, 2.75) is 68.5 Å². The predicted octanol–water partition coefficient (Wildman–Crippen LogP) is 7.82. The van der Waals surface area contributed by atoms with E-state index in [9.17, 15) is 39.6 Å². The Balaban J connectivity index is 1.59. The minimum Gasteiger partial charge on any atom is -0.495 e. The summed E-state index contributed by atoms with van der Waals surface area (Å²) in [6.07, 6.45) is -5.88. The van der Waals surface area contributed by atoms with E-state index in [4.69, 9.17) is 9.72 Å². The van der Waals surface area contributed by atoms with Crippen LogP contribution in [0, 0.1) is 0 Å². The Bertz CT molecular complexity index is 2060. The lowest BCUT2D eigenvalue weighted by Gasteiger charge is -2.37. The number of carbonyl (C=O) groups is 1. The van der Waals surface area contributed by atoms with E-state index < -0.39 is 39.7 Å². The molecule has 1 amide bonds. The summed E-state index contributed by atoms with van der Waals surface area (Å²) in [6.45, 7) is 4.46. The second-order valence-corrected chi connectivity index (χ2v) is 15.7. The molecule has 53 heavy (non-hydrogen) atoms. The van der Waals surface area contributed by atoms with Crippen molar-refractivity contribution in [3.8, 4) is 17.0 Å². The number of nitrogens with zero attached hydrogens (tertiary/aromatic N) is 3. The lowest BCUT2D eigenvalue weighted by molar-refractivity contribution is -0.155. The molecule has 0 bridgehead atoms. The van der Waals surface area contributed by atoms with Gasteiger partial charge in [-0.05, 0) is 75.6 Å². The molecule has 2 saturated heterocycles. The average Bonchev–Trinajstić information content (AvgIpc) is 3.68. The number of hydrogen-bond donors (Lipinski definition) is 1. The van der Waals surface area contributed by atoms with Gasteiger partial charge >= 0.3 is 12.4 Å². The van der Waals surface area contributed by atoms with Crippen LogP contribution in [0.1, 0.15) is 65.7 Å². The Kier molecular flexibility index (Phi) is 11.1. The standard InChI is InChI=1S/C38H40F6N4O4S/c1-3-53(50,51)32-21-28-30(22-31(32)52-2)45-34(25-12-9-13-26(20-25)37(39,40)41)29(23-47-18-14-27(15-19-47)48-16-7-8-17-48)33(28)36(49)46-35(38(42,43)44)24-10-5-4-6-11-24/h4-6,9-13,20-22,27,35H,3,7-8,14-19,23H2,1-2H3,(H,46,49)/t35-/m1/s1. The quantitative estimate of drug-likeness (QED) is 0.165. The molecule has 2 fully saturated rings. The molecular formula is C38H40F6N4O4S. The molecular weight excluding hydrogens is 722 g/mol. The number of amides is 1. The van der Waals surface area contributed by atoms with Gasteiger partial charge in [-0.2, -0.15) is 26.3 Å². The molecule has 6 rings (SSSR count). The molecule has 8 nitrogen and oxygen atoms in total. The number of piperidine rings is 1. The van der Waals surface area contributed by atoms with Gasteiger partial charge in [0, 0.05) is 35.2 Å². The zero-order chi connectivity index (χ0) is 38.1. The van der Waals surface area contributed by atoms with Crippen molar-refractivity contribution in [3.05, 3.63) is 89.0 Å². The molecule has 1 aromatic heterocycles. The highest BCUT2D eigenvalue weighted by atomic mass is 32.2. The van der Waals surface area contributed by atoms with E-state index in [0.29, 0.717) is 19.1 Å². The number of methoxy groups -OCH3 is 1. The fourth-order valence-electron chi connectivity index (χ4n) is 7.34. The van der Waals surface area contributed by atoms with Gasteiger partial charge in [-0.1, -0.05) is 49.4 Å². The Labute approximate surface area is 304 Å². The second-order valence-electron chi connectivity index (χ2n) is 13.4. The van der Waals surface area contributed by atoms with Crippen LogP contribution in [0.4, 0.5) is 26.3 Å². The molecule has 284 valence electrons. The molecule has 0 radical (unpaired) electrons. The highest BCUT2D eigenvalue weighted by Crippen LogP contribution is 2.40.